The van der Waals surface area contributed by atoms with E-state index in [1.807, 2.05) is 0 Å². The van der Waals surface area contributed by atoms with Crippen molar-refractivity contribution in [2.45, 2.75) is 13.0 Å². The lowest BCUT2D eigenvalue weighted by Crippen LogP contribution is -2.17. The van der Waals surface area contributed by atoms with Crippen LogP contribution in [0.25, 0.3) is 0 Å². The van der Waals surface area contributed by atoms with Crippen molar-refractivity contribution in [3.8, 4) is 0 Å². The molecule has 0 aliphatic heterocycles. The van der Waals surface area contributed by atoms with Crippen molar-refractivity contribution in [1.29, 1.82) is 0 Å². The summed E-state index contributed by atoms with van der Waals surface area (Å²) in [5.41, 5.74) is 4.98. The van der Waals surface area contributed by atoms with Gasteiger partial charge in [0.1, 0.15) is 23.3 Å². The Hall–Kier alpha value is -1.40. The van der Waals surface area contributed by atoms with Crippen LogP contribution in [0.5, 0.6) is 0 Å². The average Bonchev–Trinajstić information content (AvgIpc) is 2.32. The van der Waals surface area contributed by atoms with Gasteiger partial charge in [0.25, 0.3) is 0 Å². The third kappa shape index (κ3) is 2.71. The van der Waals surface area contributed by atoms with Gasteiger partial charge in [0, 0.05) is 15.6 Å². The molecule has 6 heteroatoms. The highest BCUT2D eigenvalue weighted by Crippen LogP contribution is 2.30. The van der Waals surface area contributed by atoms with Crippen molar-refractivity contribution in [2.75, 3.05) is 0 Å². The number of rotatable bonds is 2. The van der Waals surface area contributed by atoms with Crippen molar-refractivity contribution < 1.29 is 17.6 Å². The van der Waals surface area contributed by atoms with Gasteiger partial charge in [-0.2, -0.15) is 0 Å². The van der Waals surface area contributed by atoms with E-state index >= 15 is 0 Å². The zero-order valence-corrected chi connectivity index (χ0v) is 11.9. The molecular formula is C14H10BrF4N. The van der Waals surface area contributed by atoms with Gasteiger partial charge in [0.2, 0.25) is 0 Å². The third-order valence-corrected chi connectivity index (χ3v) is 3.43. The molecule has 1 unspecified atom stereocenters. The number of benzene rings is 2. The maximum Gasteiger partial charge on any atom is 0.132 e. The van der Waals surface area contributed by atoms with Gasteiger partial charge in [0.15, 0.2) is 0 Å². The summed E-state index contributed by atoms with van der Waals surface area (Å²) in [5.74, 6) is -3.34. The average molecular weight is 348 g/mol. The molecule has 20 heavy (non-hydrogen) atoms. The molecule has 0 spiro atoms. The first-order chi connectivity index (χ1) is 9.31. The van der Waals surface area contributed by atoms with E-state index in [0.717, 1.165) is 24.3 Å². The van der Waals surface area contributed by atoms with Crippen molar-refractivity contribution in [3.63, 3.8) is 0 Å². The Balaban J connectivity index is 2.57. The molecule has 2 rings (SSSR count). The lowest BCUT2D eigenvalue weighted by atomic mass is 9.97. The standard InChI is InChI=1S/C14H10BrF4N/c1-6-2-10(17)8(5-9(6)16)14(20)13-11(18)3-7(15)4-12(13)19/h2-5,14H,20H2,1H3. The molecule has 2 N–H and O–H groups in total. The molecule has 0 saturated carbocycles. The molecular weight excluding hydrogens is 338 g/mol. The van der Waals surface area contributed by atoms with Crippen molar-refractivity contribution >= 4 is 15.9 Å². The first-order valence-electron chi connectivity index (χ1n) is 5.66. The monoisotopic (exact) mass is 347 g/mol. The predicted octanol–water partition coefficient (Wildman–Crippen LogP) is 4.36. The van der Waals surface area contributed by atoms with Gasteiger partial charge in [-0.05, 0) is 36.8 Å². The van der Waals surface area contributed by atoms with Crippen LogP contribution in [0, 0.1) is 30.2 Å². The van der Waals surface area contributed by atoms with Crippen molar-refractivity contribution in [2.24, 2.45) is 5.73 Å². The molecule has 0 heterocycles. The SMILES string of the molecule is Cc1cc(F)c(C(N)c2c(F)cc(Br)cc2F)cc1F. The Kier molecular flexibility index (Phi) is 4.15. The number of aryl methyl sites for hydroxylation is 1. The largest absolute Gasteiger partial charge is 0.320 e. The van der Waals surface area contributed by atoms with Crippen LogP contribution in [0.3, 0.4) is 0 Å². The third-order valence-electron chi connectivity index (χ3n) is 2.97. The van der Waals surface area contributed by atoms with Gasteiger partial charge in [-0.25, -0.2) is 17.6 Å². The number of hydrogen-bond acceptors (Lipinski definition) is 1. The maximum absolute atomic E-state index is 13.8. The minimum atomic E-state index is -1.43. The highest BCUT2D eigenvalue weighted by molar-refractivity contribution is 9.10. The van der Waals surface area contributed by atoms with Crippen LogP contribution in [0.15, 0.2) is 28.7 Å². The van der Waals surface area contributed by atoms with Gasteiger partial charge in [0.05, 0.1) is 6.04 Å². The molecule has 0 amide bonds. The second-order valence-electron chi connectivity index (χ2n) is 4.38. The molecule has 2 aromatic rings. The summed E-state index contributed by atoms with van der Waals surface area (Å²) >= 11 is 2.93. The van der Waals surface area contributed by atoms with Crippen LogP contribution in [-0.4, -0.2) is 0 Å². The minimum Gasteiger partial charge on any atom is -0.320 e. The lowest BCUT2D eigenvalue weighted by molar-refractivity contribution is 0.526. The summed E-state index contributed by atoms with van der Waals surface area (Å²) in [6.07, 6.45) is 0. The lowest BCUT2D eigenvalue weighted by Gasteiger charge is -2.16. The quantitative estimate of drug-likeness (QED) is 0.802. The fourth-order valence-electron chi connectivity index (χ4n) is 1.91. The fraction of sp³-hybridized carbons (Fsp3) is 0.143. The summed E-state index contributed by atoms with van der Waals surface area (Å²) in [7, 11) is 0. The summed E-state index contributed by atoms with van der Waals surface area (Å²) in [6, 6.07) is 2.40. The summed E-state index contributed by atoms with van der Waals surface area (Å²) < 4.78 is 55.1. The van der Waals surface area contributed by atoms with Crippen LogP contribution < -0.4 is 5.73 Å². The topological polar surface area (TPSA) is 26.0 Å². The molecule has 0 aliphatic rings. The second kappa shape index (κ2) is 5.54. The van der Waals surface area contributed by atoms with Crippen LogP contribution in [-0.2, 0) is 0 Å². The summed E-state index contributed by atoms with van der Waals surface area (Å²) in [6.45, 7) is 1.38. The molecule has 0 aromatic heterocycles. The molecule has 2 aromatic carbocycles. The Morgan fingerprint density at radius 1 is 0.900 bits per heavy atom. The van der Waals surface area contributed by atoms with E-state index in [9.17, 15) is 17.6 Å². The normalized spacial score (nSPS) is 12.6. The first-order valence-corrected chi connectivity index (χ1v) is 6.46. The number of nitrogens with two attached hydrogens (primary N) is 1. The van der Waals surface area contributed by atoms with E-state index in [2.05, 4.69) is 15.9 Å². The number of hydrogen-bond donors (Lipinski definition) is 1. The summed E-state index contributed by atoms with van der Waals surface area (Å²) in [4.78, 5) is 0. The van der Waals surface area contributed by atoms with Crippen LogP contribution >= 0.6 is 15.9 Å². The van der Waals surface area contributed by atoms with Gasteiger partial charge in [-0.1, -0.05) is 15.9 Å². The number of halogens is 5. The van der Waals surface area contributed by atoms with E-state index in [1.165, 1.54) is 6.92 Å². The Morgan fingerprint density at radius 2 is 1.45 bits per heavy atom. The highest BCUT2D eigenvalue weighted by atomic mass is 79.9. The van der Waals surface area contributed by atoms with E-state index in [1.54, 1.807) is 0 Å². The molecule has 0 bridgehead atoms. The Labute approximate surface area is 121 Å². The zero-order chi connectivity index (χ0) is 15.0. The molecule has 1 atom stereocenters. The van der Waals surface area contributed by atoms with E-state index < -0.39 is 34.9 Å². The first kappa shape index (κ1) is 15.0. The minimum absolute atomic E-state index is 0.0928. The molecule has 0 aliphatic carbocycles. The second-order valence-corrected chi connectivity index (χ2v) is 5.30. The van der Waals surface area contributed by atoms with E-state index in [0.29, 0.717) is 0 Å². The smallest absolute Gasteiger partial charge is 0.132 e. The Morgan fingerprint density at radius 3 is 2.00 bits per heavy atom. The van der Waals surface area contributed by atoms with Crippen LogP contribution in [0.2, 0.25) is 0 Å². The van der Waals surface area contributed by atoms with Gasteiger partial charge >= 0.3 is 0 Å². The van der Waals surface area contributed by atoms with Crippen LogP contribution in [0.1, 0.15) is 22.7 Å². The van der Waals surface area contributed by atoms with Crippen LogP contribution in [0.4, 0.5) is 17.6 Å². The Bertz CT molecular complexity index is 649. The van der Waals surface area contributed by atoms with E-state index in [-0.39, 0.29) is 15.6 Å². The predicted molar refractivity (Wildman–Crippen MR) is 71.2 cm³/mol. The van der Waals surface area contributed by atoms with E-state index in [4.69, 9.17) is 5.73 Å². The van der Waals surface area contributed by atoms with Crippen molar-refractivity contribution in [1.82, 2.24) is 0 Å². The highest BCUT2D eigenvalue weighted by Gasteiger charge is 2.23. The molecule has 106 valence electrons. The van der Waals surface area contributed by atoms with Gasteiger partial charge in [-0.3, -0.25) is 0 Å². The fourth-order valence-corrected chi connectivity index (χ4v) is 2.31. The zero-order valence-electron chi connectivity index (χ0n) is 10.4. The van der Waals surface area contributed by atoms with Gasteiger partial charge in [-0.15, -0.1) is 0 Å². The molecule has 0 saturated heterocycles. The molecule has 0 radical (unpaired) electrons. The maximum atomic E-state index is 13.8. The molecule has 0 fully saturated rings. The van der Waals surface area contributed by atoms with Crippen molar-refractivity contribution in [3.05, 3.63) is 68.7 Å². The molecule has 1 nitrogen and oxygen atoms in total. The van der Waals surface area contributed by atoms with Gasteiger partial charge < -0.3 is 5.73 Å². The summed E-state index contributed by atoms with van der Waals surface area (Å²) in [5, 5.41) is 0.